The van der Waals surface area contributed by atoms with E-state index in [0.29, 0.717) is 20.6 Å². The molecule has 0 radical (unpaired) electrons. The fraction of sp³-hybridized carbons (Fsp3) is 0.208. The molecule has 2 aromatic carbocycles. The zero-order chi connectivity index (χ0) is 22.8. The molecule has 1 aliphatic rings. The van der Waals surface area contributed by atoms with Crippen LogP contribution < -0.4 is 14.9 Å². The second kappa shape index (κ2) is 9.60. The van der Waals surface area contributed by atoms with Crippen LogP contribution in [-0.2, 0) is 9.53 Å². The Kier molecular flexibility index (Phi) is 6.83. The summed E-state index contributed by atoms with van der Waals surface area (Å²) in [5.41, 5.74) is 2.54. The van der Waals surface area contributed by atoms with Gasteiger partial charge in [0.25, 0.3) is 5.56 Å². The largest absolute Gasteiger partial charge is 0.463 e. The number of rotatable bonds is 5. The van der Waals surface area contributed by atoms with Crippen LogP contribution in [0.25, 0.3) is 6.08 Å². The van der Waals surface area contributed by atoms with Crippen LogP contribution in [0.2, 0.25) is 0 Å². The van der Waals surface area contributed by atoms with Gasteiger partial charge in [-0.05, 0) is 61.6 Å². The van der Waals surface area contributed by atoms with Gasteiger partial charge in [-0.1, -0.05) is 51.5 Å². The summed E-state index contributed by atoms with van der Waals surface area (Å²) in [6.07, 6.45) is 3.90. The van der Waals surface area contributed by atoms with Crippen molar-refractivity contribution in [2.75, 3.05) is 12.9 Å². The first-order valence-corrected chi connectivity index (χ1v) is 12.9. The van der Waals surface area contributed by atoms with Gasteiger partial charge in [0.15, 0.2) is 4.80 Å². The van der Waals surface area contributed by atoms with Gasteiger partial charge in [0.1, 0.15) is 0 Å². The number of ether oxygens (including phenoxy) is 1. The highest BCUT2D eigenvalue weighted by Gasteiger charge is 2.33. The number of carbonyl (C=O) groups excluding carboxylic acids is 1. The SMILES string of the molecule is CCOC(=O)C1=C(C)N=c2sc(=Cc3ccc(SC)cc3)c(=O)n2C1c1ccc(Br)cc1. The summed E-state index contributed by atoms with van der Waals surface area (Å²) in [6.45, 7) is 3.80. The standard InChI is InChI=1S/C24H21BrN2O3S2/c1-4-30-23(29)20-14(2)26-24-27(21(20)16-7-9-17(25)10-8-16)22(28)19(32-24)13-15-5-11-18(31-3)12-6-15/h5-13,21H,4H2,1-3H3. The molecule has 0 N–H and O–H groups in total. The van der Waals surface area contributed by atoms with Gasteiger partial charge < -0.3 is 4.74 Å². The van der Waals surface area contributed by atoms with Gasteiger partial charge in [-0.2, -0.15) is 0 Å². The number of nitrogens with zero attached hydrogens (tertiary/aromatic N) is 2. The first kappa shape index (κ1) is 22.8. The average molecular weight is 529 g/mol. The van der Waals surface area contributed by atoms with E-state index in [0.717, 1.165) is 20.5 Å². The van der Waals surface area contributed by atoms with Gasteiger partial charge in [-0.25, -0.2) is 9.79 Å². The van der Waals surface area contributed by atoms with Crippen LogP contribution >= 0.6 is 39.0 Å². The number of aromatic nitrogens is 1. The summed E-state index contributed by atoms with van der Waals surface area (Å²) in [5, 5.41) is 0. The number of fused-ring (bicyclic) bond motifs is 1. The number of benzene rings is 2. The van der Waals surface area contributed by atoms with Gasteiger partial charge in [-0.15, -0.1) is 11.8 Å². The number of thiazole rings is 1. The van der Waals surface area contributed by atoms with Crippen LogP contribution in [0.5, 0.6) is 0 Å². The summed E-state index contributed by atoms with van der Waals surface area (Å²) in [7, 11) is 0. The lowest BCUT2D eigenvalue weighted by Gasteiger charge is -2.24. The fourth-order valence-electron chi connectivity index (χ4n) is 3.60. The van der Waals surface area contributed by atoms with Crippen LogP contribution in [0.3, 0.4) is 0 Å². The van der Waals surface area contributed by atoms with Gasteiger partial charge in [0.05, 0.1) is 28.5 Å². The predicted octanol–water partition coefficient (Wildman–Crippen LogP) is 4.28. The van der Waals surface area contributed by atoms with Crippen molar-refractivity contribution in [3.8, 4) is 0 Å². The number of carbonyl (C=O) groups is 1. The van der Waals surface area contributed by atoms with Crippen LogP contribution in [0.15, 0.2) is 79.0 Å². The minimum absolute atomic E-state index is 0.176. The monoisotopic (exact) mass is 528 g/mol. The normalized spacial score (nSPS) is 16.0. The summed E-state index contributed by atoms with van der Waals surface area (Å²) < 4.78 is 8.41. The zero-order valence-electron chi connectivity index (χ0n) is 17.8. The van der Waals surface area contributed by atoms with Gasteiger partial charge in [0, 0.05) is 9.37 Å². The van der Waals surface area contributed by atoms with E-state index in [-0.39, 0.29) is 12.2 Å². The van der Waals surface area contributed by atoms with Crippen LogP contribution in [0.1, 0.15) is 31.0 Å². The Labute approximate surface area is 202 Å². The lowest BCUT2D eigenvalue weighted by atomic mass is 9.96. The maximum absolute atomic E-state index is 13.5. The van der Waals surface area contributed by atoms with Crippen molar-refractivity contribution in [3.63, 3.8) is 0 Å². The van der Waals surface area contributed by atoms with Crippen molar-refractivity contribution in [2.24, 2.45) is 4.99 Å². The molecule has 4 rings (SSSR count). The molecule has 0 bridgehead atoms. The van der Waals surface area contributed by atoms with Crippen molar-refractivity contribution in [1.29, 1.82) is 0 Å². The third kappa shape index (κ3) is 4.40. The van der Waals surface area contributed by atoms with E-state index in [9.17, 15) is 9.59 Å². The molecule has 32 heavy (non-hydrogen) atoms. The Morgan fingerprint density at radius 2 is 1.91 bits per heavy atom. The molecule has 1 aliphatic heterocycles. The molecule has 0 spiro atoms. The molecule has 1 aromatic heterocycles. The molecule has 164 valence electrons. The van der Waals surface area contributed by atoms with E-state index in [1.54, 1.807) is 30.2 Å². The molecule has 8 heteroatoms. The Hall–Kier alpha value is -2.42. The van der Waals surface area contributed by atoms with Crippen molar-refractivity contribution < 1.29 is 9.53 Å². The number of halogens is 1. The molecular weight excluding hydrogens is 508 g/mol. The van der Waals surface area contributed by atoms with Crippen LogP contribution in [0, 0.1) is 0 Å². The average Bonchev–Trinajstić information content (AvgIpc) is 3.08. The first-order valence-electron chi connectivity index (χ1n) is 10.0. The Balaban J connectivity index is 1.92. The van der Waals surface area contributed by atoms with Crippen molar-refractivity contribution in [2.45, 2.75) is 24.8 Å². The Morgan fingerprint density at radius 1 is 1.22 bits per heavy atom. The van der Waals surface area contributed by atoms with Gasteiger partial charge in [-0.3, -0.25) is 9.36 Å². The molecule has 2 heterocycles. The third-order valence-electron chi connectivity index (χ3n) is 5.12. The van der Waals surface area contributed by atoms with E-state index in [1.807, 2.05) is 60.9 Å². The molecule has 0 fully saturated rings. The molecule has 0 aliphatic carbocycles. The molecule has 1 unspecified atom stereocenters. The first-order chi connectivity index (χ1) is 15.4. The summed E-state index contributed by atoms with van der Waals surface area (Å²) in [6, 6.07) is 15.1. The summed E-state index contributed by atoms with van der Waals surface area (Å²) in [4.78, 5) is 32.7. The number of esters is 1. The molecule has 5 nitrogen and oxygen atoms in total. The highest BCUT2D eigenvalue weighted by atomic mass is 79.9. The molecule has 0 saturated heterocycles. The number of hydrogen-bond donors (Lipinski definition) is 0. The summed E-state index contributed by atoms with van der Waals surface area (Å²) >= 11 is 6.45. The quantitative estimate of drug-likeness (QED) is 0.366. The number of thioether (sulfide) groups is 1. The lowest BCUT2D eigenvalue weighted by molar-refractivity contribution is -0.139. The van der Waals surface area contributed by atoms with E-state index in [1.165, 1.54) is 11.3 Å². The molecule has 0 amide bonds. The minimum atomic E-state index is -0.598. The maximum Gasteiger partial charge on any atom is 0.338 e. The van der Waals surface area contributed by atoms with Crippen molar-refractivity contribution >= 4 is 51.1 Å². The smallest absolute Gasteiger partial charge is 0.338 e. The van der Waals surface area contributed by atoms with Crippen molar-refractivity contribution in [1.82, 2.24) is 4.57 Å². The predicted molar refractivity (Wildman–Crippen MR) is 133 cm³/mol. The van der Waals surface area contributed by atoms with E-state index in [2.05, 4.69) is 20.9 Å². The van der Waals surface area contributed by atoms with Crippen molar-refractivity contribution in [3.05, 3.63) is 95.1 Å². The highest BCUT2D eigenvalue weighted by Crippen LogP contribution is 2.31. The van der Waals surface area contributed by atoms with Crippen LogP contribution in [-0.4, -0.2) is 23.4 Å². The summed E-state index contributed by atoms with van der Waals surface area (Å²) in [5.74, 6) is -0.455. The van der Waals surface area contributed by atoms with E-state index >= 15 is 0 Å². The number of hydrogen-bond acceptors (Lipinski definition) is 6. The second-order valence-electron chi connectivity index (χ2n) is 7.13. The molecule has 3 aromatic rings. The van der Waals surface area contributed by atoms with Gasteiger partial charge in [0.2, 0.25) is 0 Å². The Morgan fingerprint density at radius 3 is 2.53 bits per heavy atom. The molecule has 0 saturated carbocycles. The molecule has 1 atom stereocenters. The molecular formula is C24H21BrN2O3S2. The Bertz CT molecular complexity index is 1370. The number of allylic oxidation sites excluding steroid dienone is 1. The minimum Gasteiger partial charge on any atom is -0.463 e. The third-order valence-corrected chi connectivity index (χ3v) is 7.37. The fourth-order valence-corrected chi connectivity index (χ4v) is 5.32. The maximum atomic E-state index is 13.5. The van der Waals surface area contributed by atoms with Gasteiger partial charge >= 0.3 is 5.97 Å². The van der Waals surface area contributed by atoms with E-state index < -0.39 is 12.0 Å². The van der Waals surface area contributed by atoms with E-state index in [4.69, 9.17) is 4.74 Å². The second-order valence-corrected chi connectivity index (χ2v) is 9.93. The highest BCUT2D eigenvalue weighted by molar-refractivity contribution is 9.10. The van der Waals surface area contributed by atoms with Crippen LogP contribution in [0.4, 0.5) is 0 Å². The lowest BCUT2D eigenvalue weighted by Crippen LogP contribution is -2.39. The topological polar surface area (TPSA) is 60.7 Å². The zero-order valence-corrected chi connectivity index (χ0v) is 21.0.